The van der Waals surface area contributed by atoms with E-state index < -0.39 is 0 Å². The van der Waals surface area contributed by atoms with E-state index >= 15 is 0 Å². The molecule has 130 valence electrons. The van der Waals surface area contributed by atoms with Gasteiger partial charge in [-0.25, -0.2) is 9.97 Å². The van der Waals surface area contributed by atoms with Crippen molar-refractivity contribution in [2.45, 2.75) is 16.6 Å². The molecule has 26 heavy (non-hydrogen) atoms. The van der Waals surface area contributed by atoms with E-state index in [1.54, 1.807) is 11.8 Å². The molecule has 6 heteroatoms. The van der Waals surface area contributed by atoms with E-state index in [0.717, 1.165) is 29.8 Å². The number of thioether (sulfide) groups is 1. The van der Waals surface area contributed by atoms with Crippen molar-refractivity contribution in [3.63, 3.8) is 0 Å². The van der Waals surface area contributed by atoms with Crippen molar-refractivity contribution >= 4 is 40.3 Å². The number of anilines is 2. The lowest BCUT2D eigenvalue weighted by Crippen LogP contribution is -2.47. The second-order valence-electron chi connectivity index (χ2n) is 6.69. The molecule has 0 saturated carbocycles. The molecule has 2 aromatic carbocycles. The van der Waals surface area contributed by atoms with Crippen LogP contribution in [-0.2, 0) is 11.2 Å². The quantitative estimate of drug-likeness (QED) is 0.666. The number of carbonyl (C=O) groups excluding carboxylic acids is 1. The Labute approximate surface area is 156 Å². The molecule has 0 spiro atoms. The molecule has 1 aromatic heterocycles. The molecule has 1 amide bonds. The molecule has 5 nitrogen and oxygen atoms in total. The molecule has 0 saturated heterocycles. The number of rotatable bonds is 1. The normalized spacial score (nSPS) is 18.7. The maximum Gasteiger partial charge on any atom is 0.242 e. The summed E-state index contributed by atoms with van der Waals surface area (Å²) >= 11 is 1.66. The van der Waals surface area contributed by atoms with E-state index in [4.69, 9.17) is 9.97 Å². The Bertz CT molecular complexity index is 997. The van der Waals surface area contributed by atoms with Crippen molar-refractivity contribution in [3.8, 4) is 0 Å². The van der Waals surface area contributed by atoms with Crippen LogP contribution >= 0.6 is 11.8 Å². The zero-order valence-electron chi connectivity index (χ0n) is 14.4. The first-order valence-corrected chi connectivity index (χ1v) is 9.62. The zero-order valence-corrected chi connectivity index (χ0v) is 15.2. The molecule has 2 aliphatic heterocycles. The number of nitrogens with zero attached hydrogens (tertiary/aromatic N) is 4. The highest BCUT2D eigenvalue weighted by Crippen LogP contribution is 2.39. The van der Waals surface area contributed by atoms with Gasteiger partial charge in [-0.15, -0.1) is 11.8 Å². The van der Waals surface area contributed by atoms with Gasteiger partial charge in [0.05, 0.1) is 16.3 Å². The fourth-order valence-corrected chi connectivity index (χ4v) is 4.85. The first kappa shape index (κ1) is 15.6. The maximum atomic E-state index is 13.3. The molecular weight excluding hydrogens is 344 g/mol. The highest BCUT2D eigenvalue weighted by atomic mass is 32.2. The van der Waals surface area contributed by atoms with Gasteiger partial charge in [0.15, 0.2) is 11.6 Å². The van der Waals surface area contributed by atoms with Crippen LogP contribution in [0.1, 0.15) is 5.56 Å². The Morgan fingerprint density at radius 3 is 2.46 bits per heavy atom. The van der Waals surface area contributed by atoms with Crippen LogP contribution in [-0.4, -0.2) is 41.3 Å². The largest absolute Gasteiger partial charge is 0.355 e. The second-order valence-corrected chi connectivity index (χ2v) is 7.93. The average molecular weight is 362 g/mol. The predicted molar refractivity (Wildman–Crippen MR) is 105 cm³/mol. The Morgan fingerprint density at radius 1 is 1.00 bits per heavy atom. The van der Waals surface area contributed by atoms with Crippen LogP contribution in [0.5, 0.6) is 0 Å². The lowest BCUT2D eigenvalue weighted by molar-refractivity contribution is -0.118. The van der Waals surface area contributed by atoms with Crippen molar-refractivity contribution in [1.82, 2.24) is 9.97 Å². The van der Waals surface area contributed by atoms with Crippen LogP contribution in [0.15, 0.2) is 53.4 Å². The number of carbonyl (C=O) groups is 1. The van der Waals surface area contributed by atoms with E-state index in [1.165, 1.54) is 10.5 Å². The predicted octanol–water partition coefficient (Wildman–Crippen LogP) is 3.13. The van der Waals surface area contributed by atoms with Gasteiger partial charge in [0.25, 0.3) is 0 Å². The minimum absolute atomic E-state index is 0.0862. The number of hydrogen-bond donors (Lipinski definition) is 0. The van der Waals surface area contributed by atoms with Gasteiger partial charge < -0.3 is 4.90 Å². The molecule has 0 bridgehead atoms. The number of aromatic nitrogens is 2. The lowest BCUT2D eigenvalue weighted by Gasteiger charge is -2.34. The number of amides is 1. The van der Waals surface area contributed by atoms with E-state index in [9.17, 15) is 4.79 Å². The fourth-order valence-electron chi connectivity index (χ4n) is 3.59. The van der Waals surface area contributed by atoms with Gasteiger partial charge in [-0.05, 0) is 30.2 Å². The molecule has 0 N–H and O–H groups in total. The van der Waals surface area contributed by atoms with Crippen LogP contribution in [0.25, 0.3) is 11.0 Å². The monoisotopic (exact) mass is 362 g/mol. The van der Waals surface area contributed by atoms with Crippen molar-refractivity contribution in [2.75, 3.05) is 29.9 Å². The van der Waals surface area contributed by atoms with Crippen LogP contribution in [0.3, 0.4) is 0 Å². The van der Waals surface area contributed by atoms with Gasteiger partial charge in [-0.2, -0.15) is 0 Å². The van der Waals surface area contributed by atoms with Crippen LogP contribution < -0.4 is 9.80 Å². The van der Waals surface area contributed by atoms with E-state index in [1.807, 2.05) is 48.3 Å². The third kappa shape index (κ3) is 2.44. The van der Waals surface area contributed by atoms with E-state index in [0.29, 0.717) is 12.4 Å². The summed E-state index contributed by atoms with van der Waals surface area (Å²) in [5, 5.41) is -0.0862. The second kappa shape index (κ2) is 5.99. The first-order valence-electron chi connectivity index (χ1n) is 8.74. The summed E-state index contributed by atoms with van der Waals surface area (Å²) in [4.78, 5) is 28.0. The average Bonchev–Trinajstić information content (AvgIpc) is 3.11. The van der Waals surface area contributed by atoms with E-state index in [-0.39, 0.29) is 11.2 Å². The Hall–Kier alpha value is -2.60. The maximum absolute atomic E-state index is 13.3. The highest BCUT2D eigenvalue weighted by Gasteiger charge is 2.36. The van der Waals surface area contributed by atoms with Gasteiger partial charge in [0, 0.05) is 25.0 Å². The van der Waals surface area contributed by atoms with Crippen LogP contribution in [0.4, 0.5) is 11.6 Å². The number of para-hydroxylation sites is 2. The molecule has 0 radical (unpaired) electrons. The van der Waals surface area contributed by atoms with Crippen molar-refractivity contribution < 1.29 is 4.79 Å². The Kier molecular flexibility index (Phi) is 3.60. The van der Waals surface area contributed by atoms with Gasteiger partial charge in [-0.1, -0.05) is 30.3 Å². The topological polar surface area (TPSA) is 49.3 Å². The molecule has 3 aromatic rings. The summed E-state index contributed by atoms with van der Waals surface area (Å²) in [6.45, 7) is 1.40. The van der Waals surface area contributed by atoms with Gasteiger partial charge in [0.2, 0.25) is 5.91 Å². The fraction of sp³-hybridized carbons (Fsp3) is 0.250. The molecule has 0 aliphatic carbocycles. The smallest absolute Gasteiger partial charge is 0.242 e. The molecule has 5 rings (SSSR count). The zero-order chi connectivity index (χ0) is 17.7. The summed E-state index contributed by atoms with van der Waals surface area (Å²) in [5.74, 6) is 1.59. The van der Waals surface area contributed by atoms with Crippen molar-refractivity contribution in [2.24, 2.45) is 0 Å². The molecule has 3 heterocycles. The van der Waals surface area contributed by atoms with Crippen molar-refractivity contribution in [1.29, 1.82) is 0 Å². The molecule has 1 unspecified atom stereocenters. The van der Waals surface area contributed by atoms with Gasteiger partial charge >= 0.3 is 0 Å². The summed E-state index contributed by atoms with van der Waals surface area (Å²) in [6.07, 6.45) is 0.780. The van der Waals surface area contributed by atoms with E-state index in [2.05, 4.69) is 17.0 Å². The van der Waals surface area contributed by atoms with Crippen molar-refractivity contribution in [3.05, 3.63) is 54.1 Å². The summed E-state index contributed by atoms with van der Waals surface area (Å²) in [5.41, 5.74) is 2.94. The van der Waals surface area contributed by atoms with Crippen LogP contribution in [0, 0.1) is 0 Å². The standard InChI is InChI=1S/C20H18N4OS/c1-23-10-11-24(19-18(23)21-14-7-3-4-8-15(14)22-19)20(25)17-12-13-6-2-5-9-16(13)26-17/h2-9,17H,10-12H2,1H3. The number of benzene rings is 2. The van der Waals surface area contributed by atoms with Crippen LogP contribution in [0.2, 0.25) is 0 Å². The minimum Gasteiger partial charge on any atom is -0.355 e. The lowest BCUT2D eigenvalue weighted by atomic mass is 10.1. The summed E-state index contributed by atoms with van der Waals surface area (Å²) < 4.78 is 0. The Balaban J connectivity index is 1.52. The molecule has 2 aliphatic rings. The van der Waals surface area contributed by atoms with Gasteiger partial charge in [-0.3, -0.25) is 9.69 Å². The third-order valence-electron chi connectivity index (χ3n) is 5.00. The minimum atomic E-state index is -0.0862. The highest BCUT2D eigenvalue weighted by molar-refractivity contribution is 8.01. The number of likely N-dealkylation sites (N-methyl/N-ethyl adjacent to an activating group) is 1. The molecule has 1 atom stereocenters. The molecule has 0 fully saturated rings. The third-order valence-corrected chi connectivity index (χ3v) is 6.30. The SMILES string of the molecule is CN1CCN(C(=O)C2Cc3ccccc3S2)c2nc3ccccc3nc21. The summed E-state index contributed by atoms with van der Waals surface area (Å²) in [6, 6.07) is 16.1. The Morgan fingerprint density at radius 2 is 1.69 bits per heavy atom. The van der Waals surface area contributed by atoms with Gasteiger partial charge in [0.1, 0.15) is 0 Å². The number of hydrogen-bond acceptors (Lipinski definition) is 5. The summed E-state index contributed by atoms with van der Waals surface area (Å²) in [7, 11) is 2.00. The first-order chi connectivity index (χ1) is 12.7. The molecular formula is C20H18N4OS. The number of fused-ring (bicyclic) bond motifs is 3.